The van der Waals surface area contributed by atoms with E-state index in [1.54, 1.807) is 20.8 Å². The Morgan fingerprint density at radius 3 is 1.94 bits per heavy atom. The molecule has 0 amide bonds. The average Bonchev–Trinajstić information content (AvgIpc) is 3.26. The van der Waals surface area contributed by atoms with Gasteiger partial charge < -0.3 is 20.4 Å². The third-order valence-corrected chi connectivity index (χ3v) is 5.99. The van der Waals surface area contributed by atoms with Crippen LogP contribution in [0.25, 0.3) is 10.4 Å². The fraction of sp³-hybridized carbons (Fsp3) is 0.462. The van der Waals surface area contributed by atoms with E-state index in [-0.39, 0.29) is 42.1 Å². The van der Waals surface area contributed by atoms with Crippen molar-refractivity contribution in [2.24, 2.45) is 10.8 Å². The Bertz CT molecular complexity index is 1000. The van der Waals surface area contributed by atoms with Gasteiger partial charge in [0.05, 0.1) is 0 Å². The summed E-state index contributed by atoms with van der Waals surface area (Å²) in [7, 11) is 0. The number of fused-ring (bicyclic) bond motifs is 2. The van der Waals surface area contributed by atoms with Crippen LogP contribution < -0.4 is 5.73 Å². The standard InChI is InChI=1S/C12H13N3O.C12H15NO.C2H6O/c1-8(16)6-11-10-5-3-2-4-9(10)7-12(11)14-15-13;1-8(14)6-11-10-5-3-2-4-9(10)7-12(11)13;1-2-3/h2-5,11-12H,6-7H2,1H3;2-5,11-12H,6-7,13H2,1H3;3H,2H2,1H3/t2*11-,12-;/m11./s1. The molecule has 4 rings (SSSR count). The van der Waals surface area contributed by atoms with E-state index in [2.05, 4.69) is 22.2 Å². The van der Waals surface area contributed by atoms with Crippen molar-refractivity contribution in [3.8, 4) is 0 Å². The molecule has 0 aliphatic heterocycles. The summed E-state index contributed by atoms with van der Waals surface area (Å²) in [6, 6.07) is 16.3. The molecule has 0 heterocycles. The number of carbonyl (C=O) groups is 2. The number of hydrogen-bond donors (Lipinski definition) is 2. The zero-order chi connectivity index (χ0) is 24.4. The topological polar surface area (TPSA) is 129 Å². The third-order valence-electron chi connectivity index (χ3n) is 5.99. The lowest BCUT2D eigenvalue weighted by Crippen LogP contribution is -2.26. The number of carbonyl (C=O) groups excluding carboxylic acids is 2. The first-order valence-corrected chi connectivity index (χ1v) is 11.4. The molecule has 2 aromatic rings. The van der Waals surface area contributed by atoms with E-state index in [9.17, 15) is 9.59 Å². The molecule has 0 unspecified atom stereocenters. The number of rotatable bonds is 5. The van der Waals surface area contributed by atoms with Gasteiger partial charge in [-0.2, -0.15) is 0 Å². The van der Waals surface area contributed by atoms with Gasteiger partial charge in [0, 0.05) is 42.4 Å². The van der Waals surface area contributed by atoms with E-state index in [0.29, 0.717) is 12.8 Å². The highest BCUT2D eigenvalue weighted by molar-refractivity contribution is 5.77. The second-order valence-corrected chi connectivity index (χ2v) is 8.58. The monoisotopic (exact) mass is 450 g/mol. The van der Waals surface area contributed by atoms with Crippen molar-refractivity contribution in [2.75, 3.05) is 6.61 Å². The molecule has 0 saturated carbocycles. The summed E-state index contributed by atoms with van der Waals surface area (Å²) >= 11 is 0. The fourth-order valence-electron chi connectivity index (χ4n) is 4.68. The summed E-state index contributed by atoms with van der Waals surface area (Å²) in [6.45, 7) is 5.14. The van der Waals surface area contributed by atoms with Crippen LogP contribution in [0.1, 0.15) is 67.7 Å². The lowest BCUT2D eigenvalue weighted by Gasteiger charge is -2.14. The molecule has 33 heavy (non-hydrogen) atoms. The highest BCUT2D eigenvalue weighted by Gasteiger charge is 2.32. The second-order valence-electron chi connectivity index (χ2n) is 8.58. The number of benzene rings is 2. The number of nitrogens with zero attached hydrogens (tertiary/aromatic N) is 3. The first kappa shape index (κ1) is 26.3. The van der Waals surface area contributed by atoms with Crippen LogP contribution in [-0.4, -0.2) is 35.4 Å². The molecule has 4 atom stereocenters. The van der Waals surface area contributed by atoms with Gasteiger partial charge in [-0.25, -0.2) is 0 Å². The lowest BCUT2D eigenvalue weighted by atomic mass is 9.93. The Labute approximate surface area is 195 Å². The maximum Gasteiger partial charge on any atom is 0.130 e. The molecule has 3 N–H and O–H groups in total. The lowest BCUT2D eigenvalue weighted by molar-refractivity contribution is -0.118. The highest BCUT2D eigenvalue weighted by atomic mass is 16.2. The molecule has 0 spiro atoms. The number of hydrogen-bond acceptors (Lipinski definition) is 5. The number of aliphatic hydroxyl groups is 1. The van der Waals surface area contributed by atoms with Crippen LogP contribution in [-0.2, 0) is 22.4 Å². The molecule has 0 radical (unpaired) electrons. The van der Waals surface area contributed by atoms with Crippen molar-refractivity contribution in [3.05, 3.63) is 81.2 Å². The van der Waals surface area contributed by atoms with Crippen LogP contribution in [0.15, 0.2) is 53.6 Å². The Morgan fingerprint density at radius 2 is 1.42 bits per heavy atom. The van der Waals surface area contributed by atoms with Gasteiger partial charge in [-0.05, 0) is 67.3 Å². The van der Waals surface area contributed by atoms with Gasteiger partial charge in [0.15, 0.2) is 0 Å². The van der Waals surface area contributed by atoms with Crippen LogP contribution in [0.4, 0.5) is 0 Å². The minimum Gasteiger partial charge on any atom is -0.397 e. The number of Topliss-reactive ketones (excluding diaryl/α,β-unsaturated/α-hetero) is 2. The zero-order valence-electron chi connectivity index (χ0n) is 19.6. The van der Waals surface area contributed by atoms with Crippen LogP contribution in [0.3, 0.4) is 0 Å². The molecule has 2 aliphatic carbocycles. The Balaban J connectivity index is 0.000000210. The second kappa shape index (κ2) is 12.9. The Morgan fingerprint density at radius 1 is 0.970 bits per heavy atom. The fourth-order valence-corrected chi connectivity index (χ4v) is 4.68. The van der Waals surface area contributed by atoms with Crippen LogP contribution >= 0.6 is 0 Å². The normalized spacial score (nSPS) is 21.8. The molecule has 0 bridgehead atoms. The number of ketones is 2. The molecular weight excluding hydrogens is 416 g/mol. The quantitative estimate of drug-likeness (QED) is 0.391. The van der Waals surface area contributed by atoms with E-state index >= 15 is 0 Å². The van der Waals surface area contributed by atoms with Crippen molar-refractivity contribution in [3.63, 3.8) is 0 Å². The summed E-state index contributed by atoms with van der Waals surface area (Å²) in [5, 5.41) is 11.4. The molecule has 7 heteroatoms. The van der Waals surface area contributed by atoms with Crippen molar-refractivity contribution in [1.82, 2.24) is 0 Å². The van der Waals surface area contributed by atoms with E-state index in [0.717, 1.165) is 18.4 Å². The summed E-state index contributed by atoms with van der Waals surface area (Å²) in [6.07, 6.45) is 2.70. The smallest absolute Gasteiger partial charge is 0.130 e. The maximum absolute atomic E-state index is 11.2. The maximum atomic E-state index is 11.2. The van der Waals surface area contributed by atoms with Gasteiger partial charge in [0.1, 0.15) is 11.6 Å². The van der Waals surface area contributed by atoms with Gasteiger partial charge in [-0.15, -0.1) is 0 Å². The average molecular weight is 451 g/mol. The number of nitrogens with two attached hydrogens (primary N) is 1. The van der Waals surface area contributed by atoms with Gasteiger partial charge in [0.2, 0.25) is 0 Å². The first-order valence-electron chi connectivity index (χ1n) is 11.4. The van der Waals surface area contributed by atoms with Gasteiger partial charge >= 0.3 is 0 Å². The van der Waals surface area contributed by atoms with Crippen LogP contribution in [0, 0.1) is 0 Å². The minimum atomic E-state index is -0.105. The molecule has 7 nitrogen and oxygen atoms in total. The Kier molecular flexibility index (Phi) is 10.3. The van der Waals surface area contributed by atoms with Crippen LogP contribution in [0.2, 0.25) is 0 Å². The minimum absolute atomic E-state index is 0.0598. The molecular formula is C26H34N4O3. The molecule has 0 saturated heterocycles. The summed E-state index contributed by atoms with van der Waals surface area (Å²) < 4.78 is 0. The van der Waals surface area contributed by atoms with E-state index in [1.165, 1.54) is 16.7 Å². The van der Waals surface area contributed by atoms with Crippen molar-refractivity contribution in [2.45, 2.75) is 70.4 Å². The predicted molar refractivity (Wildman–Crippen MR) is 130 cm³/mol. The van der Waals surface area contributed by atoms with Gasteiger partial charge in [-0.1, -0.05) is 53.6 Å². The van der Waals surface area contributed by atoms with Crippen molar-refractivity contribution >= 4 is 11.6 Å². The van der Waals surface area contributed by atoms with E-state index in [1.807, 2.05) is 36.4 Å². The Hall–Kier alpha value is -2.99. The summed E-state index contributed by atoms with van der Waals surface area (Å²) in [4.78, 5) is 25.2. The highest BCUT2D eigenvalue weighted by Crippen LogP contribution is 2.37. The van der Waals surface area contributed by atoms with Crippen molar-refractivity contribution < 1.29 is 14.7 Å². The molecule has 0 aromatic heterocycles. The zero-order valence-corrected chi connectivity index (χ0v) is 19.6. The largest absolute Gasteiger partial charge is 0.397 e. The molecule has 2 aliphatic rings. The molecule has 176 valence electrons. The third kappa shape index (κ3) is 7.26. The van der Waals surface area contributed by atoms with Crippen LogP contribution in [0.5, 0.6) is 0 Å². The molecule has 2 aromatic carbocycles. The first-order chi connectivity index (χ1) is 15.8. The SMILES string of the molecule is CC(=O)C[C@@H]1c2ccccc2C[C@H]1N.CC(=O)C[C@@H]1c2ccccc2C[C@H]1N=[N+]=[N-].CCO. The summed E-state index contributed by atoms with van der Waals surface area (Å²) in [5.74, 6) is 0.662. The van der Waals surface area contributed by atoms with E-state index in [4.69, 9.17) is 16.4 Å². The number of azide groups is 1. The van der Waals surface area contributed by atoms with Gasteiger partial charge in [0.25, 0.3) is 0 Å². The molecule has 0 fully saturated rings. The van der Waals surface area contributed by atoms with E-state index < -0.39 is 0 Å². The predicted octanol–water partition coefficient (Wildman–Crippen LogP) is 4.62. The van der Waals surface area contributed by atoms with Gasteiger partial charge in [-0.3, -0.25) is 0 Å². The van der Waals surface area contributed by atoms with Crippen molar-refractivity contribution in [1.29, 1.82) is 0 Å². The number of aliphatic hydroxyl groups excluding tert-OH is 1. The summed E-state index contributed by atoms with van der Waals surface area (Å²) in [5.41, 5.74) is 19.5.